The highest BCUT2D eigenvalue weighted by Gasteiger charge is 2.15. The van der Waals surface area contributed by atoms with E-state index >= 15 is 0 Å². The van der Waals surface area contributed by atoms with E-state index in [2.05, 4.69) is 10.3 Å². The number of carboxylic acids is 1. The van der Waals surface area contributed by atoms with Crippen molar-refractivity contribution in [2.24, 2.45) is 10.4 Å². The minimum atomic E-state index is -1.08. The highest BCUT2D eigenvalue weighted by molar-refractivity contribution is 5.96. The first-order chi connectivity index (χ1) is 10.8. The van der Waals surface area contributed by atoms with Crippen molar-refractivity contribution >= 4 is 23.8 Å². The molecule has 126 valence electrons. The maximum Gasteiger partial charge on any atom is 0.335 e. The van der Waals surface area contributed by atoms with Crippen LogP contribution in [0.3, 0.4) is 0 Å². The van der Waals surface area contributed by atoms with Crippen molar-refractivity contribution in [2.45, 2.75) is 20.3 Å². The second-order valence-corrected chi connectivity index (χ2v) is 5.79. The number of amides is 1. The SMILES string of the molecule is COc1cc(C(=O)O)ccc1NC(=O)CN=CCC(C)(C)CF. The van der Waals surface area contributed by atoms with Crippen LogP contribution in [0.5, 0.6) is 5.75 Å². The highest BCUT2D eigenvalue weighted by atomic mass is 19.1. The molecule has 6 nitrogen and oxygen atoms in total. The minimum absolute atomic E-state index is 0.0614. The van der Waals surface area contributed by atoms with Crippen LogP contribution in [-0.2, 0) is 4.79 Å². The summed E-state index contributed by atoms with van der Waals surface area (Å²) in [4.78, 5) is 26.7. The van der Waals surface area contributed by atoms with Gasteiger partial charge in [0.25, 0.3) is 0 Å². The Balaban J connectivity index is 2.64. The minimum Gasteiger partial charge on any atom is -0.495 e. The monoisotopic (exact) mass is 324 g/mol. The molecule has 0 unspecified atom stereocenters. The Hall–Kier alpha value is -2.44. The molecule has 1 rings (SSSR count). The lowest BCUT2D eigenvalue weighted by molar-refractivity contribution is -0.114. The molecule has 7 heteroatoms. The number of ether oxygens (including phenoxy) is 1. The van der Waals surface area contributed by atoms with Crippen LogP contribution in [0.4, 0.5) is 10.1 Å². The Labute approximate surface area is 134 Å². The van der Waals surface area contributed by atoms with Gasteiger partial charge < -0.3 is 15.2 Å². The number of hydrogen-bond acceptors (Lipinski definition) is 4. The summed E-state index contributed by atoms with van der Waals surface area (Å²) >= 11 is 0. The molecule has 0 aliphatic heterocycles. The molecule has 0 saturated carbocycles. The zero-order valence-electron chi connectivity index (χ0n) is 13.4. The number of methoxy groups -OCH3 is 1. The Morgan fingerprint density at radius 2 is 2.13 bits per heavy atom. The van der Waals surface area contributed by atoms with Crippen molar-refractivity contribution in [3.05, 3.63) is 23.8 Å². The fourth-order valence-corrected chi connectivity index (χ4v) is 1.63. The van der Waals surface area contributed by atoms with Gasteiger partial charge in [0.2, 0.25) is 5.91 Å². The number of hydrogen-bond donors (Lipinski definition) is 2. The topological polar surface area (TPSA) is 88.0 Å². The standard InChI is InChI=1S/C16H21FN2O4/c1-16(2,10-17)6-7-18-9-14(20)19-12-5-4-11(15(21)22)8-13(12)23-3/h4-5,7-8H,6,9-10H2,1-3H3,(H,19,20)(H,21,22). The number of alkyl halides is 1. The van der Waals surface area contributed by atoms with Crippen LogP contribution < -0.4 is 10.1 Å². The number of carboxylic acid groups (broad SMARTS) is 1. The predicted octanol–water partition coefficient (Wildman–Crippen LogP) is 2.79. The van der Waals surface area contributed by atoms with Crippen LogP contribution in [0.1, 0.15) is 30.6 Å². The third-order valence-electron chi connectivity index (χ3n) is 3.09. The van der Waals surface area contributed by atoms with E-state index in [0.29, 0.717) is 12.1 Å². The molecular formula is C16H21FN2O4. The van der Waals surface area contributed by atoms with Gasteiger partial charge in [-0.05, 0) is 36.2 Å². The normalized spacial score (nSPS) is 11.5. The summed E-state index contributed by atoms with van der Waals surface area (Å²) in [6.45, 7) is 2.98. The number of anilines is 1. The number of carbonyl (C=O) groups is 2. The molecule has 0 bridgehead atoms. The molecule has 0 aromatic heterocycles. The summed E-state index contributed by atoms with van der Waals surface area (Å²) in [5.41, 5.74) is -0.0660. The van der Waals surface area contributed by atoms with Crippen LogP contribution >= 0.6 is 0 Å². The molecule has 0 fully saturated rings. The number of benzene rings is 1. The molecule has 0 radical (unpaired) electrons. The first-order valence-corrected chi connectivity index (χ1v) is 7.04. The van der Waals surface area contributed by atoms with Gasteiger partial charge in [-0.15, -0.1) is 0 Å². The second-order valence-electron chi connectivity index (χ2n) is 5.79. The van der Waals surface area contributed by atoms with Crippen molar-refractivity contribution in [3.8, 4) is 5.75 Å². The number of halogens is 1. The molecule has 0 heterocycles. The molecule has 1 amide bonds. The van der Waals surface area contributed by atoms with E-state index in [1.54, 1.807) is 13.8 Å². The number of carbonyl (C=O) groups excluding carboxylic acids is 1. The van der Waals surface area contributed by atoms with Gasteiger partial charge in [0.15, 0.2) is 0 Å². The van der Waals surface area contributed by atoms with Crippen molar-refractivity contribution in [2.75, 3.05) is 25.6 Å². The summed E-state index contributed by atoms with van der Waals surface area (Å²) in [5, 5.41) is 11.5. The number of nitrogens with one attached hydrogen (secondary N) is 1. The zero-order valence-corrected chi connectivity index (χ0v) is 13.4. The lowest BCUT2D eigenvalue weighted by Gasteiger charge is -2.16. The molecule has 0 atom stereocenters. The fourth-order valence-electron chi connectivity index (χ4n) is 1.63. The molecule has 1 aromatic rings. The van der Waals surface area contributed by atoms with Gasteiger partial charge in [-0.3, -0.25) is 14.2 Å². The van der Waals surface area contributed by atoms with E-state index in [1.165, 1.54) is 31.5 Å². The third kappa shape index (κ3) is 6.06. The molecule has 2 N–H and O–H groups in total. The van der Waals surface area contributed by atoms with Crippen LogP contribution in [0.2, 0.25) is 0 Å². The lowest BCUT2D eigenvalue weighted by Crippen LogP contribution is -2.17. The van der Waals surface area contributed by atoms with E-state index in [0.717, 1.165) is 0 Å². The van der Waals surface area contributed by atoms with Crippen molar-refractivity contribution in [3.63, 3.8) is 0 Å². The van der Waals surface area contributed by atoms with Crippen molar-refractivity contribution in [1.29, 1.82) is 0 Å². The molecule has 0 saturated heterocycles. The van der Waals surface area contributed by atoms with Gasteiger partial charge in [0.1, 0.15) is 12.3 Å². The fraction of sp³-hybridized carbons (Fsp3) is 0.438. The molecule has 0 aliphatic rings. The average Bonchev–Trinajstić information content (AvgIpc) is 2.51. The third-order valence-corrected chi connectivity index (χ3v) is 3.09. The first kappa shape index (κ1) is 18.6. The first-order valence-electron chi connectivity index (χ1n) is 7.04. The van der Waals surface area contributed by atoms with Gasteiger partial charge in [-0.25, -0.2) is 4.79 Å². The quantitative estimate of drug-likeness (QED) is 0.720. The van der Waals surface area contributed by atoms with E-state index in [4.69, 9.17) is 9.84 Å². The molecular weight excluding hydrogens is 303 g/mol. The predicted molar refractivity (Wildman–Crippen MR) is 86.3 cm³/mol. The molecule has 23 heavy (non-hydrogen) atoms. The highest BCUT2D eigenvalue weighted by Crippen LogP contribution is 2.25. The summed E-state index contributed by atoms with van der Waals surface area (Å²) in [6, 6.07) is 4.15. The summed E-state index contributed by atoms with van der Waals surface area (Å²) in [7, 11) is 1.38. The van der Waals surface area contributed by atoms with E-state index in [-0.39, 0.29) is 23.8 Å². The van der Waals surface area contributed by atoms with Crippen molar-refractivity contribution < 1.29 is 23.8 Å². The van der Waals surface area contributed by atoms with Crippen LogP contribution in [0.25, 0.3) is 0 Å². The Morgan fingerprint density at radius 3 is 2.70 bits per heavy atom. The maximum absolute atomic E-state index is 12.6. The van der Waals surface area contributed by atoms with E-state index in [9.17, 15) is 14.0 Å². The van der Waals surface area contributed by atoms with Crippen LogP contribution in [-0.4, -0.2) is 43.5 Å². The molecule has 0 spiro atoms. The van der Waals surface area contributed by atoms with Gasteiger partial charge in [0, 0.05) is 0 Å². The van der Waals surface area contributed by atoms with Crippen LogP contribution in [0, 0.1) is 5.41 Å². The summed E-state index contributed by atoms with van der Waals surface area (Å²) in [5.74, 6) is -1.21. The summed E-state index contributed by atoms with van der Waals surface area (Å²) in [6.07, 6.45) is 1.97. The Bertz CT molecular complexity index is 600. The Morgan fingerprint density at radius 1 is 1.43 bits per heavy atom. The molecule has 0 aliphatic carbocycles. The number of nitrogens with zero attached hydrogens (tertiary/aromatic N) is 1. The van der Waals surface area contributed by atoms with E-state index in [1.807, 2.05) is 0 Å². The van der Waals surface area contributed by atoms with E-state index < -0.39 is 18.1 Å². The van der Waals surface area contributed by atoms with Gasteiger partial charge >= 0.3 is 5.97 Å². The van der Waals surface area contributed by atoms with Crippen LogP contribution in [0.15, 0.2) is 23.2 Å². The summed E-state index contributed by atoms with van der Waals surface area (Å²) < 4.78 is 17.7. The zero-order chi connectivity index (χ0) is 17.5. The maximum atomic E-state index is 12.6. The van der Waals surface area contributed by atoms with Gasteiger partial charge in [-0.1, -0.05) is 13.8 Å². The second kappa shape index (κ2) is 8.26. The Kier molecular flexibility index (Phi) is 6.68. The largest absolute Gasteiger partial charge is 0.495 e. The number of aromatic carboxylic acids is 1. The number of rotatable bonds is 8. The van der Waals surface area contributed by atoms with Crippen molar-refractivity contribution in [1.82, 2.24) is 0 Å². The molecule has 1 aromatic carbocycles. The lowest BCUT2D eigenvalue weighted by atomic mass is 9.92. The average molecular weight is 324 g/mol. The number of aliphatic imine (C=N–C) groups is 1. The smallest absolute Gasteiger partial charge is 0.335 e. The van der Waals surface area contributed by atoms with Gasteiger partial charge in [-0.2, -0.15) is 0 Å². The van der Waals surface area contributed by atoms with Gasteiger partial charge in [0.05, 0.1) is 25.0 Å².